The lowest BCUT2D eigenvalue weighted by molar-refractivity contribution is -0.124. The predicted molar refractivity (Wildman–Crippen MR) is 42.0 cm³/mol. The highest BCUT2D eigenvalue weighted by atomic mass is 16.5. The van der Waals surface area contributed by atoms with Crippen molar-refractivity contribution < 1.29 is 9.53 Å². The van der Waals surface area contributed by atoms with Crippen molar-refractivity contribution in [3.05, 3.63) is 0 Å². The Morgan fingerprint density at radius 1 is 1.64 bits per heavy atom. The van der Waals surface area contributed by atoms with E-state index < -0.39 is 0 Å². The van der Waals surface area contributed by atoms with Gasteiger partial charge in [0.15, 0.2) is 0 Å². The van der Waals surface area contributed by atoms with Gasteiger partial charge in [-0.25, -0.2) is 0 Å². The van der Waals surface area contributed by atoms with Crippen LogP contribution in [0, 0.1) is 0 Å². The third-order valence-electron chi connectivity index (χ3n) is 1.83. The van der Waals surface area contributed by atoms with E-state index in [1.807, 2.05) is 13.8 Å². The van der Waals surface area contributed by atoms with Crippen LogP contribution in [0.1, 0.15) is 33.6 Å². The first-order valence-electron chi connectivity index (χ1n) is 3.94. The lowest BCUT2D eigenvalue weighted by Gasteiger charge is -2.19. The van der Waals surface area contributed by atoms with Gasteiger partial charge in [-0.1, -0.05) is 0 Å². The maximum atomic E-state index is 10.6. The summed E-state index contributed by atoms with van der Waals surface area (Å²) in [4.78, 5) is 10.6. The Morgan fingerprint density at radius 2 is 2.27 bits per heavy atom. The molecular formula is C8H15NO2. The second-order valence-corrected chi connectivity index (χ2v) is 3.61. The summed E-state index contributed by atoms with van der Waals surface area (Å²) in [6, 6.07) is 0. The molecule has 11 heavy (non-hydrogen) atoms. The summed E-state index contributed by atoms with van der Waals surface area (Å²) < 4.78 is 5.53. The molecule has 3 heteroatoms. The molecule has 1 atom stereocenters. The van der Waals surface area contributed by atoms with Crippen LogP contribution < -0.4 is 5.32 Å². The van der Waals surface area contributed by atoms with E-state index in [9.17, 15) is 4.79 Å². The Balaban J connectivity index is 2.36. The number of carbonyl (C=O) groups excluding carboxylic acids is 1. The molecule has 0 saturated carbocycles. The Morgan fingerprint density at radius 3 is 2.64 bits per heavy atom. The molecule has 1 N–H and O–H groups in total. The zero-order chi connectivity index (χ0) is 8.48. The number of amides is 1. The molecule has 0 aliphatic carbocycles. The van der Waals surface area contributed by atoms with Gasteiger partial charge in [-0.2, -0.15) is 0 Å². The van der Waals surface area contributed by atoms with E-state index in [2.05, 4.69) is 5.32 Å². The molecule has 0 aromatic rings. The van der Waals surface area contributed by atoms with Crippen LogP contribution in [0.2, 0.25) is 0 Å². The van der Waals surface area contributed by atoms with Crippen molar-refractivity contribution in [1.82, 2.24) is 5.32 Å². The normalized spacial score (nSPS) is 28.5. The monoisotopic (exact) mass is 157 g/mol. The van der Waals surface area contributed by atoms with Gasteiger partial charge in [0, 0.05) is 6.92 Å². The van der Waals surface area contributed by atoms with Gasteiger partial charge in [0.2, 0.25) is 5.91 Å². The molecule has 0 bridgehead atoms. The van der Waals surface area contributed by atoms with Gasteiger partial charge in [-0.15, -0.1) is 0 Å². The molecule has 64 valence electrons. The molecule has 1 aliphatic heterocycles. The average molecular weight is 157 g/mol. The maximum Gasteiger partial charge on any atom is 0.218 e. The third kappa shape index (κ3) is 2.50. The minimum Gasteiger partial charge on any atom is -0.353 e. The van der Waals surface area contributed by atoms with Crippen LogP contribution in [-0.2, 0) is 9.53 Å². The molecule has 1 heterocycles. The first kappa shape index (κ1) is 8.53. The van der Waals surface area contributed by atoms with E-state index in [-0.39, 0.29) is 17.7 Å². The van der Waals surface area contributed by atoms with Gasteiger partial charge >= 0.3 is 0 Å². The van der Waals surface area contributed by atoms with Gasteiger partial charge in [0.25, 0.3) is 0 Å². The zero-order valence-electron chi connectivity index (χ0n) is 7.31. The van der Waals surface area contributed by atoms with Gasteiger partial charge < -0.3 is 10.1 Å². The SMILES string of the molecule is CC(=O)NC1CCC(C)(C)O1. The average Bonchev–Trinajstić information content (AvgIpc) is 2.08. The van der Waals surface area contributed by atoms with Crippen molar-refractivity contribution in [1.29, 1.82) is 0 Å². The van der Waals surface area contributed by atoms with Crippen molar-refractivity contribution in [2.75, 3.05) is 0 Å². The van der Waals surface area contributed by atoms with Gasteiger partial charge in [0.05, 0.1) is 5.60 Å². The van der Waals surface area contributed by atoms with Crippen molar-refractivity contribution in [3.8, 4) is 0 Å². The Labute approximate surface area is 67.1 Å². The van der Waals surface area contributed by atoms with Crippen molar-refractivity contribution in [2.45, 2.75) is 45.4 Å². The van der Waals surface area contributed by atoms with Crippen molar-refractivity contribution in [2.24, 2.45) is 0 Å². The summed E-state index contributed by atoms with van der Waals surface area (Å²) in [6.45, 7) is 5.58. The fraction of sp³-hybridized carbons (Fsp3) is 0.875. The third-order valence-corrected chi connectivity index (χ3v) is 1.83. The summed E-state index contributed by atoms with van der Waals surface area (Å²) in [5.74, 6) is -0.0206. The lowest BCUT2D eigenvalue weighted by Crippen LogP contribution is -2.34. The van der Waals surface area contributed by atoms with Crippen LogP contribution >= 0.6 is 0 Å². The number of carbonyl (C=O) groups is 1. The second-order valence-electron chi connectivity index (χ2n) is 3.61. The van der Waals surface area contributed by atoms with Crippen LogP contribution in [0.15, 0.2) is 0 Å². The molecule has 0 aromatic heterocycles. The van der Waals surface area contributed by atoms with Crippen molar-refractivity contribution in [3.63, 3.8) is 0 Å². The Bertz CT molecular complexity index is 165. The van der Waals surface area contributed by atoms with Crippen LogP contribution in [0.4, 0.5) is 0 Å². The first-order chi connectivity index (χ1) is 4.99. The van der Waals surface area contributed by atoms with E-state index >= 15 is 0 Å². The van der Waals surface area contributed by atoms with E-state index in [4.69, 9.17) is 4.74 Å². The molecule has 0 radical (unpaired) electrons. The number of hydrogen-bond donors (Lipinski definition) is 1. The zero-order valence-corrected chi connectivity index (χ0v) is 7.31. The smallest absolute Gasteiger partial charge is 0.218 e. The van der Waals surface area contributed by atoms with Gasteiger partial charge in [0.1, 0.15) is 6.23 Å². The topological polar surface area (TPSA) is 38.3 Å². The molecule has 0 aromatic carbocycles. The number of hydrogen-bond acceptors (Lipinski definition) is 2. The first-order valence-corrected chi connectivity index (χ1v) is 3.94. The molecule has 1 amide bonds. The summed E-state index contributed by atoms with van der Waals surface area (Å²) >= 11 is 0. The van der Waals surface area contributed by atoms with Gasteiger partial charge in [-0.05, 0) is 26.7 Å². The number of nitrogens with one attached hydrogen (secondary N) is 1. The van der Waals surface area contributed by atoms with Crippen LogP contribution in [0.3, 0.4) is 0 Å². The molecule has 1 aliphatic rings. The summed E-state index contributed by atoms with van der Waals surface area (Å²) in [7, 11) is 0. The maximum absolute atomic E-state index is 10.6. The molecule has 1 saturated heterocycles. The quantitative estimate of drug-likeness (QED) is 0.617. The summed E-state index contributed by atoms with van der Waals surface area (Å²) in [5, 5.41) is 2.74. The fourth-order valence-corrected chi connectivity index (χ4v) is 1.31. The molecule has 1 fully saturated rings. The van der Waals surface area contributed by atoms with E-state index in [0.29, 0.717) is 0 Å². The predicted octanol–water partition coefficient (Wildman–Crippen LogP) is 1.04. The van der Waals surface area contributed by atoms with E-state index in [1.54, 1.807) is 0 Å². The van der Waals surface area contributed by atoms with E-state index in [1.165, 1.54) is 6.92 Å². The standard InChI is InChI=1S/C8H15NO2/c1-6(10)9-7-4-5-8(2,3)11-7/h7H,4-5H2,1-3H3,(H,9,10). The minimum absolute atomic E-state index is 0.0206. The van der Waals surface area contributed by atoms with Crippen LogP contribution in [0.25, 0.3) is 0 Å². The Kier molecular flexibility index (Phi) is 2.18. The highest BCUT2D eigenvalue weighted by Crippen LogP contribution is 2.27. The Hall–Kier alpha value is -0.570. The fourth-order valence-electron chi connectivity index (χ4n) is 1.31. The number of rotatable bonds is 1. The molecule has 0 spiro atoms. The van der Waals surface area contributed by atoms with Gasteiger partial charge in [-0.3, -0.25) is 4.79 Å². The molecular weight excluding hydrogens is 142 g/mol. The lowest BCUT2D eigenvalue weighted by atomic mass is 10.1. The molecule has 3 nitrogen and oxygen atoms in total. The summed E-state index contributed by atoms with van der Waals surface area (Å²) in [6.07, 6.45) is 1.87. The van der Waals surface area contributed by atoms with Crippen LogP contribution in [0.5, 0.6) is 0 Å². The highest BCUT2D eigenvalue weighted by Gasteiger charge is 2.31. The highest BCUT2D eigenvalue weighted by molar-refractivity contribution is 5.73. The summed E-state index contributed by atoms with van der Waals surface area (Å²) in [5.41, 5.74) is -0.0624. The second kappa shape index (κ2) is 2.81. The molecule has 1 rings (SSSR count). The number of ether oxygens (including phenoxy) is 1. The largest absolute Gasteiger partial charge is 0.353 e. The minimum atomic E-state index is -0.0671. The van der Waals surface area contributed by atoms with E-state index in [0.717, 1.165) is 12.8 Å². The molecule has 1 unspecified atom stereocenters. The van der Waals surface area contributed by atoms with Crippen molar-refractivity contribution >= 4 is 5.91 Å². The van der Waals surface area contributed by atoms with Crippen LogP contribution in [-0.4, -0.2) is 17.7 Å².